The lowest BCUT2D eigenvalue weighted by Crippen LogP contribution is -2.44. The lowest BCUT2D eigenvalue weighted by Gasteiger charge is -2.31. The molecular weight excluding hydrogens is 272 g/mol. The van der Waals surface area contributed by atoms with Gasteiger partial charge in [-0.1, -0.05) is 0 Å². The first-order valence-electron chi connectivity index (χ1n) is 7.16. The van der Waals surface area contributed by atoms with Crippen LogP contribution in [0.2, 0.25) is 0 Å². The maximum Gasteiger partial charge on any atom is 0.316 e. The van der Waals surface area contributed by atoms with Crippen LogP contribution in [0.1, 0.15) is 27.2 Å². The van der Waals surface area contributed by atoms with Crippen molar-refractivity contribution in [3.63, 3.8) is 0 Å². The third kappa shape index (κ3) is 4.91. The van der Waals surface area contributed by atoms with E-state index in [1.54, 1.807) is 19.0 Å². The van der Waals surface area contributed by atoms with Gasteiger partial charge in [0.15, 0.2) is 0 Å². The summed E-state index contributed by atoms with van der Waals surface area (Å²) in [5.74, 6) is -0.418. The fourth-order valence-corrected chi connectivity index (χ4v) is 2.19. The molecular formula is C14H26N4O3. The minimum Gasteiger partial charge on any atom is -0.354 e. The van der Waals surface area contributed by atoms with Crippen LogP contribution in [0, 0.1) is 5.92 Å². The second-order valence-electron chi connectivity index (χ2n) is 6.49. The van der Waals surface area contributed by atoms with Gasteiger partial charge in [-0.05, 0) is 20.8 Å². The number of likely N-dealkylation sites (tertiary alicyclic amines) is 1. The molecule has 1 atom stereocenters. The number of hydrogen-bond donors (Lipinski definition) is 2. The van der Waals surface area contributed by atoms with E-state index in [1.807, 2.05) is 20.8 Å². The lowest BCUT2D eigenvalue weighted by molar-refractivity contribution is -0.132. The number of carbonyl (C=O) groups is 3. The molecule has 1 unspecified atom stereocenters. The molecule has 21 heavy (non-hydrogen) atoms. The molecule has 1 rings (SSSR count). The van der Waals surface area contributed by atoms with Gasteiger partial charge < -0.3 is 20.4 Å². The molecule has 4 amide bonds. The molecule has 0 saturated carbocycles. The fraction of sp³-hybridized carbons (Fsp3) is 0.786. The quantitative estimate of drug-likeness (QED) is 0.718. The molecule has 120 valence electrons. The fourth-order valence-electron chi connectivity index (χ4n) is 2.19. The molecule has 2 N–H and O–H groups in total. The third-order valence-corrected chi connectivity index (χ3v) is 3.41. The maximum atomic E-state index is 12.0. The predicted octanol–water partition coefficient (Wildman–Crippen LogP) is 0.0208. The van der Waals surface area contributed by atoms with Crippen molar-refractivity contribution in [1.29, 1.82) is 0 Å². The molecule has 1 fully saturated rings. The van der Waals surface area contributed by atoms with Crippen molar-refractivity contribution in [2.75, 3.05) is 33.7 Å². The van der Waals surface area contributed by atoms with Crippen LogP contribution < -0.4 is 10.6 Å². The zero-order chi connectivity index (χ0) is 16.2. The van der Waals surface area contributed by atoms with Gasteiger partial charge in [0.25, 0.3) is 0 Å². The van der Waals surface area contributed by atoms with Crippen LogP contribution in [0.25, 0.3) is 0 Å². The molecule has 1 saturated heterocycles. The van der Waals surface area contributed by atoms with Gasteiger partial charge in [0.1, 0.15) is 0 Å². The monoisotopic (exact) mass is 298 g/mol. The highest BCUT2D eigenvalue weighted by Crippen LogP contribution is 2.25. The van der Waals surface area contributed by atoms with E-state index in [9.17, 15) is 14.4 Å². The first kappa shape index (κ1) is 17.3. The number of rotatable bonds is 4. The molecule has 7 heteroatoms. The normalized spacial score (nSPS) is 18.6. The molecule has 0 aromatic heterocycles. The minimum absolute atomic E-state index is 0.0172. The van der Waals surface area contributed by atoms with E-state index in [1.165, 1.54) is 4.90 Å². The summed E-state index contributed by atoms with van der Waals surface area (Å²) in [4.78, 5) is 38.4. The third-order valence-electron chi connectivity index (χ3n) is 3.41. The minimum atomic E-state index is -0.304. The van der Waals surface area contributed by atoms with E-state index < -0.39 is 0 Å². The maximum absolute atomic E-state index is 12.0. The number of hydrogen-bond acceptors (Lipinski definition) is 3. The molecule has 0 radical (unpaired) electrons. The highest BCUT2D eigenvalue weighted by molar-refractivity contribution is 5.89. The van der Waals surface area contributed by atoms with E-state index in [2.05, 4.69) is 10.6 Å². The molecule has 1 aliphatic heterocycles. The molecule has 1 aliphatic rings. The van der Waals surface area contributed by atoms with Gasteiger partial charge in [0, 0.05) is 45.7 Å². The van der Waals surface area contributed by atoms with Crippen molar-refractivity contribution in [3.8, 4) is 0 Å². The number of carbonyl (C=O) groups excluding carboxylic acids is 3. The zero-order valence-electron chi connectivity index (χ0n) is 13.5. The van der Waals surface area contributed by atoms with Crippen LogP contribution in [0.4, 0.5) is 4.79 Å². The molecule has 1 heterocycles. The first-order valence-corrected chi connectivity index (χ1v) is 7.16. The number of amides is 4. The zero-order valence-corrected chi connectivity index (χ0v) is 13.5. The SMILES string of the molecule is CN(C)C(=O)NCCNC(=O)C1CC(=O)N(C(C)(C)C)C1. The van der Waals surface area contributed by atoms with E-state index in [0.717, 1.165) is 0 Å². The lowest BCUT2D eigenvalue weighted by atomic mass is 10.1. The molecule has 0 spiro atoms. The van der Waals surface area contributed by atoms with Crippen LogP contribution in [0.3, 0.4) is 0 Å². The topological polar surface area (TPSA) is 81.8 Å². The van der Waals surface area contributed by atoms with Gasteiger partial charge in [-0.3, -0.25) is 9.59 Å². The van der Waals surface area contributed by atoms with Gasteiger partial charge in [-0.15, -0.1) is 0 Å². The average Bonchev–Trinajstić information content (AvgIpc) is 2.76. The largest absolute Gasteiger partial charge is 0.354 e. The summed E-state index contributed by atoms with van der Waals surface area (Å²) in [7, 11) is 3.30. The van der Waals surface area contributed by atoms with Crippen LogP contribution >= 0.6 is 0 Å². The van der Waals surface area contributed by atoms with E-state index in [-0.39, 0.29) is 35.7 Å². The Bertz CT molecular complexity index is 415. The van der Waals surface area contributed by atoms with Crippen molar-refractivity contribution < 1.29 is 14.4 Å². The van der Waals surface area contributed by atoms with E-state index in [4.69, 9.17) is 0 Å². The van der Waals surface area contributed by atoms with Crippen molar-refractivity contribution >= 4 is 17.8 Å². The molecule has 0 aromatic rings. The van der Waals surface area contributed by atoms with Crippen LogP contribution in [0.15, 0.2) is 0 Å². The smallest absolute Gasteiger partial charge is 0.316 e. The summed E-state index contributed by atoms with van der Waals surface area (Å²) in [5.41, 5.74) is -0.258. The molecule has 0 bridgehead atoms. The Kier molecular flexibility index (Phi) is 5.57. The van der Waals surface area contributed by atoms with Gasteiger partial charge in [0.05, 0.1) is 5.92 Å². The summed E-state index contributed by atoms with van der Waals surface area (Å²) in [6, 6.07) is -0.195. The summed E-state index contributed by atoms with van der Waals surface area (Å²) in [5, 5.41) is 5.43. The number of urea groups is 1. The Morgan fingerprint density at radius 1 is 1.24 bits per heavy atom. The highest BCUT2D eigenvalue weighted by atomic mass is 16.2. The van der Waals surface area contributed by atoms with Crippen molar-refractivity contribution in [2.45, 2.75) is 32.7 Å². The highest BCUT2D eigenvalue weighted by Gasteiger charge is 2.39. The van der Waals surface area contributed by atoms with Crippen molar-refractivity contribution in [1.82, 2.24) is 20.4 Å². The molecule has 0 aliphatic carbocycles. The van der Waals surface area contributed by atoms with E-state index >= 15 is 0 Å². The van der Waals surface area contributed by atoms with Crippen LogP contribution in [0.5, 0.6) is 0 Å². The van der Waals surface area contributed by atoms with Crippen molar-refractivity contribution in [3.05, 3.63) is 0 Å². The van der Waals surface area contributed by atoms with Crippen LogP contribution in [-0.4, -0.2) is 66.9 Å². The van der Waals surface area contributed by atoms with Gasteiger partial charge in [-0.25, -0.2) is 4.79 Å². The Balaban J connectivity index is 2.34. The summed E-state index contributed by atoms with van der Waals surface area (Å²) in [6.45, 7) is 7.06. The Hall–Kier alpha value is -1.79. The first-order chi connectivity index (χ1) is 9.62. The summed E-state index contributed by atoms with van der Waals surface area (Å²) < 4.78 is 0. The van der Waals surface area contributed by atoms with E-state index in [0.29, 0.717) is 19.6 Å². The van der Waals surface area contributed by atoms with Gasteiger partial charge >= 0.3 is 6.03 Å². The second kappa shape index (κ2) is 6.78. The summed E-state index contributed by atoms with van der Waals surface area (Å²) >= 11 is 0. The van der Waals surface area contributed by atoms with Crippen LogP contribution in [-0.2, 0) is 9.59 Å². The number of nitrogens with zero attached hydrogens (tertiary/aromatic N) is 2. The Morgan fingerprint density at radius 2 is 1.81 bits per heavy atom. The predicted molar refractivity (Wildman–Crippen MR) is 79.7 cm³/mol. The Labute approximate surface area is 126 Å². The Morgan fingerprint density at radius 3 is 2.29 bits per heavy atom. The van der Waals surface area contributed by atoms with Crippen molar-refractivity contribution in [2.24, 2.45) is 5.92 Å². The number of nitrogens with one attached hydrogen (secondary N) is 2. The molecule has 0 aromatic carbocycles. The standard InChI is InChI=1S/C14H26N4O3/c1-14(2,3)18-9-10(8-11(18)19)12(20)15-6-7-16-13(21)17(4)5/h10H,6-9H2,1-5H3,(H,15,20)(H,16,21). The van der Waals surface area contributed by atoms with Gasteiger partial charge in [0.2, 0.25) is 11.8 Å². The molecule has 7 nitrogen and oxygen atoms in total. The van der Waals surface area contributed by atoms with Gasteiger partial charge in [-0.2, -0.15) is 0 Å². The summed E-state index contributed by atoms with van der Waals surface area (Å²) in [6.07, 6.45) is 0.257. The average molecular weight is 298 g/mol. The second-order valence-corrected chi connectivity index (χ2v) is 6.49.